The van der Waals surface area contributed by atoms with Crippen LogP contribution in [0.5, 0.6) is 5.75 Å². The Hall–Kier alpha value is -1.35. The molecule has 2 rings (SSSR count). The molecule has 1 aromatic rings. The van der Waals surface area contributed by atoms with Gasteiger partial charge in [-0.3, -0.25) is 14.5 Å². The quantitative estimate of drug-likeness (QED) is 0.741. The normalized spacial score (nSPS) is 17.5. The molecule has 1 atom stereocenters. The second-order valence-corrected chi connectivity index (χ2v) is 6.17. The number of aromatic hydroxyl groups is 1. The molecule has 1 aliphatic heterocycles. The van der Waals surface area contributed by atoms with Gasteiger partial charge in [-0.25, -0.2) is 0 Å². The van der Waals surface area contributed by atoms with Gasteiger partial charge in [-0.15, -0.1) is 0 Å². The topological polar surface area (TPSA) is 81.1 Å². The minimum absolute atomic E-state index is 0.0968. The third-order valence-electron chi connectivity index (χ3n) is 3.70. The molecule has 2 N–H and O–H groups in total. The van der Waals surface area contributed by atoms with Crippen molar-refractivity contribution in [3.63, 3.8) is 0 Å². The van der Waals surface area contributed by atoms with Gasteiger partial charge < -0.3 is 15.1 Å². The number of phenolic OH excluding ortho intramolecular Hbond substituents is 1. The Balaban J connectivity index is 2.00. The summed E-state index contributed by atoms with van der Waals surface area (Å²) < 4.78 is 0.698. The first-order valence-corrected chi connectivity index (χ1v) is 7.72. The number of rotatable bonds is 3. The number of carboxylic acid groups (broad SMARTS) is 1. The highest BCUT2D eigenvalue weighted by Gasteiger charge is 2.27. The van der Waals surface area contributed by atoms with E-state index in [4.69, 9.17) is 5.11 Å². The Labute approximate surface area is 136 Å². The van der Waals surface area contributed by atoms with Gasteiger partial charge in [-0.2, -0.15) is 0 Å². The Morgan fingerprint density at radius 2 is 1.86 bits per heavy atom. The lowest BCUT2D eigenvalue weighted by Crippen LogP contribution is -2.53. The summed E-state index contributed by atoms with van der Waals surface area (Å²) in [5.41, 5.74) is 0.452. The van der Waals surface area contributed by atoms with E-state index in [-0.39, 0.29) is 11.7 Å². The van der Waals surface area contributed by atoms with Gasteiger partial charge in [-0.1, -0.05) is 0 Å². The van der Waals surface area contributed by atoms with Crippen LogP contribution in [-0.4, -0.2) is 64.1 Å². The summed E-state index contributed by atoms with van der Waals surface area (Å²) in [6, 6.07) is 4.32. The van der Waals surface area contributed by atoms with Crippen molar-refractivity contribution in [2.45, 2.75) is 13.0 Å². The van der Waals surface area contributed by atoms with Gasteiger partial charge in [-0.05, 0) is 47.7 Å². The largest absolute Gasteiger partial charge is 0.507 e. The average Bonchev–Trinajstić information content (AvgIpc) is 2.48. The predicted octanol–water partition coefficient (Wildman–Crippen LogP) is 1.23. The van der Waals surface area contributed by atoms with E-state index in [1.54, 1.807) is 24.0 Å². The second kappa shape index (κ2) is 6.61. The van der Waals surface area contributed by atoms with Crippen molar-refractivity contribution in [3.05, 3.63) is 27.3 Å². The highest BCUT2D eigenvalue weighted by Crippen LogP contribution is 2.21. The van der Waals surface area contributed by atoms with Crippen LogP contribution < -0.4 is 0 Å². The third-order valence-corrected chi connectivity index (χ3v) is 4.61. The summed E-state index contributed by atoms with van der Waals surface area (Å²) in [7, 11) is 0. The van der Waals surface area contributed by atoms with E-state index in [9.17, 15) is 14.7 Å². The fourth-order valence-corrected chi connectivity index (χ4v) is 2.63. The molecule has 0 saturated carbocycles. The number of hydrogen-bond donors (Lipinski definition) is 2. The first kappa shape index (κ1) is 16.0. The van der Waals surface area contributed by atoms with E-state index >= 15 is 0 Å². The molecule has 7 heteroatoms. The van der Waals surface area contributed by atoms with Crippen molar-refractivity contribution in [1.29, 1.82) is 0 Å². The first-order chi connectivity index (χ1) is 9.90. The van der Waals surface area contributed by atoms with Gasteiger partial charge in [0.15, 0.2) is 0 Å². The Bertz CT molecular complexity index is 556. The highest BCUT2D eigenvalue weighted by atomic mass is 127. The zero-order valence-electron chi connectivity index (χ0n) is 11.6. The van der Waals surface area contributed by atoms with E-state index in [0.717, 1.165) is 0 Å². The first-order valence-electron chi connectivity index (χ1n) is 6.65. The van der Waals surface area contributed by atoms with E-state index < -0.39 is 12.0 Å². The van der Waals surface area contributed by atoms with Gasteiger partial charge in [0, 0.05) is 31.7 Å². The molecule has 0 spiro atoms. The molecular formula is C14H17IN2O4. The smallest absolute Gasteiger partial charge is 0.320 e. The third kappa shape index (κ3) is 3.65. The zero-order valence-corrected chi connectivity index (χ0v) is 13.8. The summed E-state index contributed by atoms with van der Waals surface area (Å²) in [5.74, 6) is -0.888. The molecule has 1 aromatic carbocycles. The summed E-state index contributed by atoms with van der Waals surface area (Å²) in [5, 5.41) is 18.7. The molecule has 1 fully saturated rings. The maximum absolute atomic E-state index is 12.4. The molecule has 0 aromatic heterocycles. The monoisotopic (exact) mass is 404 g/mol. The Morgan fingerprint density at radius 1 is 1.24 bits per heavy atom. The second-order valence-electron chi connectivity index (χ2n) is 5.01. The maximum Gasteiger partial charge on any atom is 0.320 e. The lowest BCUT2D eigenvalue weighted by molar-refractivity contribution is -0.143. The number of aliphatic carboxylic acids is 1. The molecule has 1 unspecified atom stereocenters. The molecule has 6 nitrogen and oxygen atoms in total. The summed E-state index contributed by atoms with van der Waals surface area (Å²) in [4.78, 5) is 26.8. The van der Waals surface area contributed by atoms with Crippen LogP contribution in [0.2, 0.25) is 0 Å². The van der Waals surface area contributed by atoms with E-state index in [1.807, 2.05) is 27.5 Å². The highest BCUT2D eigenvalue weighted by molar-refractivity contribution is 14.1. The number of phenols is 1. The van der Waals surface area contributed by atoms with Gasteiger partial charge >= 0.3 is 5.97 Å². The molecular weight excluding hydrogens is 387 g/mol. The van der Waals surface area contributed by atoms with Crippen molar-refractivity contribution < 1.29 is 19.8 Å². The van der Waals surface area contributed by atoms with Crippen LogP contribution in [0.4, 0.5) is 0 Å². The van der Waals surface area contributed by atoms with Gasteiger partial charge in [0.1, 0.15) is 11.8 Å². The van der Waals surface area contributed by atoms with Crippen LogP contribution >= 0.6 is 22.6 Å². The standard InChI is InChI=1S/C14H17IN2O4/c1-9(14(20)21)16-4-6-17(7-5-16)13(19)10-2-3-11(15)12(18)8-10/h2-3,8-9,18H,4-7H2,1H3,(H,20,21). The number of piperazine rings is 1. The average molecular weight is 404 g/mol. The Morgan fingerprint density at radius 3 is 2.38 bits per heavy atom. The molecule has 21 heavy (non-hydrogen) atoms. The predicted molar refractivity (Wildman–Crippen MR) is 85.4 cm³/mol. The Kier molecular flexibility index (Phi) is 5.04. The molecule has 114 valence electrons. The number of hydrogen-bond acceptors (Lipinski definition) is 4. The fourth-order valence-electron chi connectivity index (χ4n) is 2.30. The van der Waals surface area contributed by atoms with Crippen molar-refractivity contribution in [2.24, 2.45) is 0 Å². The number of carbonyl (C=O) groups is 2. The van der Waals surface area contributed by atoms with Gasteiger partial charge in [0.25, 0.3) is 5.91 Å². The minimum atomic E-state index is -0.850. The van der Waals surface area contributed by atoms with Crippen molar-refractivity contribution in [1.82, 2.24) is 9.80 Å². The van der Waals surface area contributed by atoms with Gasteiger partial charge in [0.2, 0.25) is 0 Å². The lowest BCUT2D eigenvalue weighted by atomic mass is 10.1. The zero-order chi connectivity index (χ0) is 15.6. The lowest BCUT2D eigenvalue weighted by Gasteiger charge is -2.36. The summed E-state index contributed by atoms with van der Waals surface area (Å²) >= 11 is 2.00. The minimum Gasteiger partial charge on any atom is -0.507 e. The van der Waals surface area contributed by atoms with E-state index in [1.165, 1.54) is 6.07 Å². The van der Waals surface area contributed by atoms with Crippen LogP contribution in [-0.2, 0) is 4.79 Å². The molecule has 1 saturated heterocycles. The molecule has 1 amide bonds. The van der Waals surface area contributed by atoms with Crippen LogP contribution in [0.15, 0.2) is 18.2 Å². The van der Waals surface area contributed by atoms with Gasteiger partial charge in [0.05, 0.1) is 3.57 Å². The fraction of sp³-hybridized carbons (Fsp3) is 0.429. The van der Waals surface area contributed by atoms with E-state index in [2.05, 4.69) is 0 Å². The number of amides is 1. The number of nitrogens with zero attached hydrogens (tertiary/aromatic N) is 2. The number of carbonyl (C=O) groups excluding carboxylic acids is 1. The summed E-state index contributed by atoms with van der Waals surface area (Å²) in [6.07, 6.45) is 0. The number of benzene rings is 1. The SMILES string of the molecule is CC(C(=O)O)N1CCN(C(=O)c2ccc(I)c(O)c2)CC1. The van der Waals surface area contributed by atoms with Crippen LogP contribution in [0, 0.1) is 3.57 Å². The van der Waals surface area contributed by atoms with E-state index in [0.29, 0.717) is 35.3 Å². The van der Waals surface area contributed by atoms with Crippen LogP contribution in [0.25, 0.3) is 0 Å². The maximum atomic E-state index is 12.4. The van der Waals surface area contributed by atoms with Crippen molar-refractivity contribution in [3.8, 4) is 5.75 Å². The number of carboxylic acids is 1. The molecule has 0 aliphatic carbocycles. The molecule has 0 bridgehead atoms. The molecule has 1 heterocycles. The van der Waals surface area contributed by atoms with Crippen molar-refractivity contribution >= 4 is 34.5 Å². The number of halogens is 1. The van der Waals surface area contributed by atoms with Crippen molar-refractivity contribution in [2.75, 3.05) is 26.2 Å². The van der Waals surface area contributed by atoms with Crippen LogP contribution in [0.1, 0.15) is 17.3 Å². The summed E-state index contributed by atoms with van der Waals surface area (Å²) in [6.45, 7) is 3.70. The van der Waals surface area contributed by atoms with Crippen LogP contribution in [0.3, 0.4) is 0 Å². The molecule has 1 aliphatic rings. The molecule has 0 radical (unpaired) electrons.